The van der Waals surface area contributed by atoms with E-state index in [9.17, 15) is 0 Å². The van der Waals surface area contributed by atoms with Crippen molar-refractivity contribution in [3.8, 4) is 17.1 Å². The quantitative estimate of drug-likeness (QED) is 0.244. The van der Waals surface area contributed by atoms with Crippen molar-refractivity contribution in [2.75, 3.05) is 0 Å². The molecule has 0 aliphatic rings. The molecule has 0 spiro atoms. The highest BCUT2D eigenvalue weighted by molar-refractivity contribution is 6.10. The molecule has 0 atom stereocenters. The molecule has 5 heteroatoms. The van der Waals surface area contributed by atoms with Gasteiger partial charge in [0.15, 0.2) is 0 Å². The Balaban J connectivity index is 1.41. The Morgan fingerprint density at radius 1 is 0.514 bits per heavy atom. The third kappa shape index (κ3) is 2.98. The molecule has 8 aromatic rings. The minimum Gasteiger partial charge on any atom is -0.278 e. The average Bonchev–Trinajstić information content (AvgIpc) is 3.30. The topological polar surface area (TPSA) is 56.5 Å². The molecule has 0 saturated carbocycles. The van der Waals surface area contributed by atoms with E-state index in [1.54, 1.807) is 0 Å². The zero-order chi connectivity index (χ0) is 24.3. The maximum atomic E-state index is 5.12. The second-order valence-corrected chi connectivity index (χ2v) is 9.20. The van der Waals surface area contributed by atoms with Gasteiger partial charge in [0.25, 0.3) is 0 Å². The third-order valence-corrected chi connectivity index (χ3v) is 7.12. The predicted octanol–water partition coefficient (Wildman–Crippen LogP) is 7.49. The molecule has 0 unspecified atom stereocenters. The monoisotopic (exact) mass is 473 g/mol. The van der Waals surface area contributed by atoms with E-state index in [1.807, 2.05) is 30.7 Å². The summed E-state index contributed by atoms with van der Waals surface area (Å²) in [7, 11) is 0. The molecule has 172 valence electrons. The van der Waals surface area contributed by atoms with Crippen molar-refractivity contribution in [2.24, 2.45) is 0 Å². The van der Waals surface area contributed by atoms with Gasteiger partial charge in [-0.3, -0.25) is 14.5 Å². The van der Waals surface area contributed by atoms with E-state index in [1.165, 1.54) is 5.39 Å². The van der Waals surface area contributed by atoms with Crippen molar-refractivity contribution in [3.63, 3.8) is 0 Å². The van der Waals surface area contributed by atoms with Crippen LogP contribution in [0.1, 0.15) is 0 Å². The van der Waals surface area contributed by atoms with Crippen LogP contribution in [0.25, 0.3) is 71.6 Å². The maximum absolute atomic E-state index is 5.12. The molecule has 0 aliphatic heterocycles. The Morgan fingerprint density at radius 2 is 1.30 bits per heavy atom. The molecule has 8 rings (SSSR count). The van der Waals surface area contributed by atoms with Gasteiger partial charge in [-0.05, 0) is 53.9 Å². The lowest BCUT2D eigenvalue weighted by Gasteiger charge is -2.09. The molecule has 3 aromatic carbocycles. The van der Waals surface area contributed by atoms with Gasteiger partial charge in [-0.15, -0.1) is 0 Å². The van der Waals surface area contributed by atoms with Gasteiger partial charge >= 0.3 is 0 Å². The van der Waals surface area contributed by atoms with E-state index in [4.69, 9.17) is 15.0 Å². The van der Waals surface area contributed by atoms with Gasteiger partial charge < -0.3 is 0 Å². The molecule has 5 aromatic heterocycles. The highest BCUT2D eigenvalue weighted by atomic mass is 15.1. The molecule has 5 nitrogen and oxygen atoms in total. The lowest BCUT2D eigenvalue weighted by atomic mass is 10.0. The van der Waals surface area contributed by atoms with E-state index >= 15 is 0 Å². The minimum absolute atomic E-state index is 0.820. The number of aromatic nitrogens is 5. The number of benzene rings is 3. The zero-order valence-corrected chi connectivity index (χ0v) is 19.7. The summed E-state index contributed by atoms with van der Waals surface area (Å²) in [5.41, 5.74) is 5.77. The Labute approximate surface area is 211 Å². The number of hydrogen-bond acceptors (Lipinski definition) is 4. The smallest absolute Gasteiger partial charge is 0.146 e. The van der Waals surface area contributed by atoms with Crippen LogP contribution in [0, 0.1) is 0 Å². The molecular weight excluding hydrogens is 454 g/mol. The summed E-state index contributed by atoms with van der Waals surface area (Å²) < 4.78 is 2.15. The van der Waals surface area contributed by atoms with Crippen molar-refractivity contribution in [3.05, 3.63) is 116 Å². The van der Waals surface area contributed by atoms with Gasteiger partial charge in [0, 0.05) is 51.1 Å². The molecule has 0 aliphatic carbocycles. The fraction of sp³-hybridized carbons (Fsp3) is 0. The number of hydrogen-bond donors (Lipinski definition) is 0. The average molecular weight is 474 g/mol. The van der Waals surface area contributed by atoms with Crippen LogP contribution in [-0.2, 0) is 0 Å². The van der Waals surface area contributed by atoms with Crippen LogP contribution in [0.5, 0.6) is 0 Å². The molecule has 37 heavy (non-hydrogen) atoms. The van der Waals surface area contributed by atoms with E-state index in [2.05, 4.69) is 94.5 Å². The third-order valence-electron chi connectivity index (χ3n) is 7.12. The van der Waals surface area contributed by atoms with Crippen molar-refractivity contribution in [2.45, 2.75) is 0 Å². The molecule has 0 radical (unpaired) electrons. The van der Waals surface area contributed by atoms with E-state index in [0.717, 1.165) is 66.2 Å². The number of rotatable bonds is 2. The van der Waals surface area contributed by atoms with Crippen LogP contribution in [0.3, 0.4) is 0 Å². The van der Waals surface area contributed by atoms with Gasteiger partial charge in [0.05, 0.1) is 22.2 Å². The largest absolute Gasteiger partial charge is 0.278 e. The Hall–Kier alpha value is -5.16. The molecule has 0 amide bonds. The second-order valence-electron chi connectivity index (χ2n) is 9.20. The van der Waals surface area contributed by atoms with Crippen LogP contribution in [0.4, 0.5) is 0 Å². The first-order valence-corrected chi connectivity index (χ1v) is 12.2. The Morgan fingerprint density at radius 3 is 2.27 bits per heavy atom. The first-order valence-electron chi connectivity index (χ1n) is 12.2. The lowest BCUT2D eigenvalue weighted by Crippen LogP contribution is -1.99. The molecule has 5 heterocycles. The highest BCUT2D eigenvalue weighted by Crippen LogP contribution is 2.35. The first kappa shape index (κ1) is 20.1. The van der Waals surface area contributed by atoms with Gasteiger partial charge in [-0.2, -0.15) is 0 Å². The van der Waals surface area contributed by atoms with Crippen molar-refractivity contribution in [1.82, 2.24) is 24.5 Å². The summed E-state index contributed by atoms with van der Waals surface area (Å²) in [5, 5.41) is 6.66. The summed E-state index contributed by atoms with van der Waals surface area (Å²) >= 11 is 0. The summed E-state index contributed by atoms with van der Waals surface area (Å²) in [6, 6.07) is 33.5. The molecule has 0 saturated heterocycles. The molecule has 0 bridgehead atoms. The first-order chi connectivity index (χ1) is 18.3. The van der Waals surface area contributed by atoms with Crippen molar-refractivity contribution in [1.29, 1.82) is 0 Å². The fourth-order valence-electron chi connectivity index (χ4n) is 5.41. The van der Waals surface area contributed by atoms with E-state index in [-0.39, 0.29) is 0 Å². The minimum atomic E-state index is 0.820. The number of pyridine rings is 4. The number of nitrogens with zero attached hydrogens (tertiary/aromatic N) is 5. The van der Waals surface area contributed by atoms with Crippen LogP contribution in [-0.4, -0.2) is 24.5 Å². The van der Waals surface area contributed by atoms with Crippen molar-refractivity contribution >= 4 is 54.5 Å². The Kier molecular flexibility index (Phi) is 4.16. The predicted molar refractivity (Wildman–Crippen MR) is 150 cm³/mol. The van der Waals surface area contributed by atoms with Gasteiger partial charge in [0.1, 0.15) is 11.5 Å². The zero-order valence-electron chi connectivity index (χ0n) is 19.7. The van der Waals surface area contributed by atoms with Crippen LogP contribution >= 0.6 is 0 Å². The van der Waals surface area contributed by atoms with Crippen molar-refractivity contribution < 1.29 is 0 Å². The molecule has 0 N–H and O–H groups in total. The molecule has 0 fully saturated rings. The standard InChI is InChI=1S/C32H19N5/c1-2-7-24-20(5-1)15-18-34-29(24)23-11-13-27-26(19-23)25-8-4-17-35-32(25)37(27)28-14-12-22-10-9-21-6-3-16-33-30(21)31(22)36-28/h1-19H. The highest BCUT2D eigenvalue weighted by Gasteiger charge is 2.16. The molecular formula is C32H19N5. The summed E-state index contributed by atoms with van der Waals surface area (Å²) in [4.78, 5) is 19.3. The van der Waals surface area contributed by atoms with Crippen LogP contribution in [0.15, 0.2) is 116 Å². The van der Waals surface area contributed by atoms with Gasteiger partial charge in [-0.1, -0.05) is 48.5 Å². The number of fused-ring (bicyclic) bond motifs is 7. The maximum Gasteiger partial charge on any atom is 0.146 e. The van der Waals surface area contributed by atoms with E-state index in [0.29, 0.717) is 0 Å². The Bertz CT molecular complexity index is 2150. The van der Waals surface area contributed by atoms with Gasteiger partial charge in [-0.25, -0.2) is 9.97 Å². The lowest BCUT2D eigenvalue weighted by molar-refractivity contribution is 1.07. The van der Waals surface area contributed by atoms with Gasteiger partial charge in [0.2, 0.25) is 0 Å². The van der Waals surface area contributed by atoms with E-state index < -0.39 is 0 Å². The normalized spacial score (nSPS) is 11.8. The summed E-state index contributed by atoms with van der Waals surface area (Å²) in [6.07, 6.45) is 5.54. The summed E-state index contributed by atoms with van der Waals surface area (Å²) in [5.74, 6) is 0.820. The van der Waals surface area contributed by atoms with Crippen LogP contribution in [0.2, 0.25) is 0 Å². The SMILES string of the molecule is c1ccc2c(-c3ccc4c(c3)c3cccnc3n4-c3ccc4ccc5cccnc5c4n3)nccc2c1. The second kappa shape index (κ2) is 7.67. The summed E-state index contributed by atoms with van der Waals surface area (Å²) in [6.45, 7) is 0. The van der Waals surface area contributed by atoms with Crippen LogP contribution < -0.4 is 0 Å². The fourth-order valence-corrected chi connectivity index (χ4v) is 5.41.